The van der Waals surface area contributed by atoms with E-state index in [1.54, 1.807) is 6.07 Å². The van der Waals surface area contributed by atoms with E-state index >= 15 is 0 Å². The van der Waals surface area contributed by atoms with E-state index in [9.17, 15) is 9.59 Å². The number of carbonyl (C=O) groups is 1. The molecular weight excluding hydrogens is 330 g/mol. The lowest BCUT2D eigenvalue weighted by atomic mass is 10.1. The fourth-order valence-electron chi connectivity index (χ4n) is 2.42. The molecule has 0 aliphatic heterocycles. The number of benzene rings is 2. The third-order valence-corrected chi connectivity index (χ3v) is 4.02. The van der Waals surface area contributed by atoms with Crippen LogP contribution in [-0.2, 0) is 4.79 Å². The Kier molecular flexibility index (Phi) is 5.12. The first-order valence-electron chi connectivity index (χ1n) is 8.17. The number of fused-ring (bicyclic) bond motifs is 1. The number of para-hydroxylation sites is 1. The van der Waals surface area contributed by atoms with Crippen molar-refractivity contribution in [2.24, 2.45) is 5.10 Å². The summed E-state index contributed by atoms with van der Waals surface area (Å²) in [5.74, 6) is 0.217. The first-order chi connectivity index (χ1) is 12.5. The van der Waals surface area contributed by atoms with E-state index < -0.39 is 5.91 Å². The van der Waals surface area contributed by atoms with E-state index in [1.807, 2.05) is 56.3 Å². The monoisotopic (exact) mass is 349 g/mol. The third kappa shape index (κ3) is 4.16. The Morgan fingerprint density at radius 3 is 2.77 bits per heavy atom. The van der Waals surface area contributed by atoms with Gasteiger partial charge in [-0.3, -0.25) is 9.59 Å². The highest BCUT2D eigenvalue weighted by molar-refractivity contribution is 5.88. The minimum Gasteiger partial charge on any atom is -0.484 e. The van der Waals surface area contributed by atoms with Crippen LogP contribution in [0.5, 0.6) is 5.75 Å². The average molecular weight is 349 g/mol. The highest BCUT2D eigenvalue weighted by atomic mass is 16.5. The van der Waals surface area contributed by atoms with Crippen LogP contribution in [0.2, 0.25) is 0 Å². The molecule has 6 heteroatoms. The molecule has 2 N–H and O–H groups in total. The minimum absolute atomic E-state index is 0.159. The quantitative estimate of drug-likeness (QED) is 0.549. The highest BCUT2D eigenvalue weighted by Gasteiger charge is 2.04. The number of amides is 1. The molecule has 0 spiro atoms. The number of hydrogen-bond acceptors (Lipinski definition) is 4. The fourth-order valence-corrected chi connectivity index (χ4v) is 2.42. The summed E-state index contributed by atoms with van der Waals surface area (Å²) < 4.78 is 5.43. The molecule has 0 saturated carbocycles. The molecule has 2 aromatic carbocycles. The van der Waals surface area contributed by atoms with Gasteiger partial charge in [-0.1, -0.05) is 24.3 Å². The Morgan fingerprint density at radius 2 is 1.96 bits per heavy atom. The van der Waals surface area contributed by atoms with Crippen molar-refractivity contribution in [3.63, 3.8) is 0 Å². The molecule has 0 unspecified atom stereocenters. The van der Waals surface area contributed by atoms with E-state index in [-0.39, 0.29) is 12.2 Å². The zero-order valence-corrected chi connectivity index (χ0v) is 14.6. The second-order valence-electron chi connectivity index (χ2n) is 5.97. The molecule has 6 nitrogen and oxygen atoms in total. The molecular formula is C20H19N3O3. The van der Waals surface area contributed by atoms with Gasteiger partial charge in [0.15, 0.2) is 6.61 Å². The van der Waals surface area contributed by atoms with Crippen LogP contribution in [0.15, 0.2) is 58.4 Å². The van der Waals surface area contributed by atoms with Gasteiger partial charge in [0.1, 0.15) is 5.75 Å². The number of H-pyrrole nitrogens is 1. The van der Waals surface area contributed by atoms with Crippen LogP contribution in [0.3, 0.4) is 0 Å². The molecule has 1 heterocycles. The van der Waals surface area contributed by atoms with Crippen molar-refractivity contribution >= 4 is 23.0 Å². The number of rotatable bonds is 5. The first kappa shape index (κ1) is 17.4. The lowest BCUT2D eigenvalue weighted by Gasteiger charge is -2.07. The van der Waals surface area contributed by atoms with Gasteiger partial charge in [0.2, 0.25) is 0 Å². The molecule has 0 fully saturated rings. The predicted octanol–water partition coefficient (Wildman–Crippen LogP) is 2.67. The Bertz CT molecular complexity index is 1040. The zero-order chi connectivity index (χ0) is 18.5. The molecule has 0 bridgehead atoms. The number of aromatic nitrogens is 1. The standard InChI is InChI=1S/C20H19N3O3/c1-13-7-8-17(9-14(13)2)26-12-19(24)23-21-11-16-10-15-5-3-4-6-18(15)22-20(16)25/h3-11H,12H2,1-2H3,(H,22,25)(H,23,24). The Hall–Kier alpha value is -3.41. The van der Waals surface area contributed by atoms with E-state index in [1.165, 1.54) is 6.21 Å². The Balaban J connectivity index is 1.59. The number of hydrogen-bond donors (Lipinski definition) is 2. The highest BCUT2D eigenvalue weighted by Crippen LogP contribution is 2.16. The maximum absolute atomic E-state index is 12.0. The van der Waals surface area contributed by atoms with Crippen molar-refractivity contribution in [3.8, 4) is 5.75 Å². The lowest BCUT2D eigenvalue weighted by molar-refractivity contribution is -0.123. The van der Waals surface area contributed by atoms with Crippen LogP contribution >= 0.6 is 0 Å². The van der Waals surface area contributed by atoms with E-state index in [0.29, 0.717) is 11.3 Å². The molecule has 0 aliphatic carbocycles. The largest absolute Gasteiger partial charge is 0.484 e. The topological polar surface area (TPSA) is 83.5 Å². The molecule has 0 radical (unpaired) electrons. The SMILES string of the molecule is Cc1ccc(OCC(=O)NN=Cc2cc3ccccc3[nH]c2=O)cc1C. The summed E-state index contributed by atoms with van der Waals surface area (Å²) in [6.07, 6.45) is 1.32. The van der Waals surface area contributed by atoms with Crippen molar-refractivity contribution in [1.82, 2.24) is 10.4 Å². The maximum atomic E-state index is 12.0. The summed E-state index contributed by atoms with van der Waals surface area (Å²) in [5.41, 5.74) is 5.45. The second-order valence-corrected chi connectivity index (χ2v) is 5.97. The lowest BCUT2D eigenvalue weighted by Crippen LogP contribution is -2.25. The molecule has 26 heavy (non-hydrogen) atoms. The van der Waals surface area contributed by atoms with Crippen LogP contribution in [0, 0.1) is 13.8 Å². The second kappa shape index (κ2) is 7.65. The molecule has 1 amide bonds. The number of pyridine rings is 1. The van der Waals surface area contributed by atoms with Crippen molar-refractivity contribution in [3.05, 3.63) is 75.6 Å². The number of aromatic amines is 1. The fraction of sp³-hybridized carbons (Fsp3) is 0.150. The van der Waals surface area contributed by atoms with Crippen LogP contribution in [0.4, 0.5) is 0 Å². The zero-order valence-electron chi connectivity index (χ0n) is 14.6. The summed E-state index contributed by atoms with van der Waals surface area (Å²) in [5, 5.41) is 4.72. The molecule has 0 saturated heterocycles. The van der Waals surface area contributed by atoms with Gasteiger partial charge < -0.3 is 9.72 Å². The van der Waals surface area contributed by atoms with Crippen LogP contribution < -0.4 is 15.7 Å². The molecule has 1 aromatic heterocycles. The van der Waals surface area contributed by atoms with Gasteiger partial charge in [0.25, 0.3) is 11.5 Å². The van der Waals surface area contributed by atoms with E-state index in [2.05, 4.69) is 15.5 Å². The van der Waals surface area contributed by atoms with Gasteiger partial charge in [-0.2, -0.15) is 5.10 Å². The summed E-state index contributed by atoms with van der Waals surface area (Å²) in [6, 6.07) is 14.8. The van der Waals surface area contributed by atoms with Gasteiger partial charge in [0, 0.05) is 5.52 Å². The molecule has 3 aromatic rings. The van der Waals surface area contributed by atoms with Gasteiger partial charge in [-0.25, -0.2) is 5.43 Å². The van der Waals surface area contributed by atoms with Crippen molar-refractivity contribution in [2.45, 2.75) is 13.8 Å². The average Bonchev–Trinajstić information content (AvgIpc) is 2.63. The number of aryl methyl sites for hydroxylation is 2. The smallest absolute Gasteiger partial charge is 0.277 e. The molecule has 132 valence electrons. The van der Waals surface area contributed by atoms with Crippen LogP contribution in [0.25, 0.3) is 10.9 Å². The van der Waals surface area contributed by atoms with E-state index in [0.717, 1.165) is 22.0 Å². The predicted molar refractivity (Wildman–Crippen MR) is 102 cm³/mol. The molecule has 0 aliphatic rings. The summed E-state index contributed by atoms with van der Waals surface area (Å²) in [7, 11) is 0. The van der Waals surface area contributed by atoms with Gasteiger partial charge in [0.05, 0.1) is 11.8 Å². The summed E-state index contributed by atoms with van der Waals surface area (Å²) >= 11 is 0. The van der Waals surface area contributed by atoms with Crippen LogP contribution in [-0.4, -0.2) is 23.7 Å². The van der Waals surface area contributed by atoms with Crippen molar-refractivity contribution < 1.29 is 9.53 Å². The van der Waals surface area contributed by atoms with Gasteiger partial charge in [-0.15, -0.1) is 0 Å². The Labute approximate surface area is 150 Å². The van der Waals surface area contributed by atoms with Gasteiger partial charge >= 0.3 is 0 Å². The number of carbonyl (C=O) groups excluding carboxylic acids is 1. The van der Waals surface area contributed by atoms with E-state index in [4.69, 9.17) is 4.74 Å². The molecule has 0 atom stereocenters. The summed E-state index contributed by atoms with van der Waals surface area (Å²) in [4.78, 5) is 26.6. The number of hydrazone groups is 1. The third-order valence-electron chi connectivity index (χ3n) is 4.02. The minimum atomic E-state index is -0.406. The normalized spacial score (nSPS) is 11.0. The van der Waals surface area contributed by atoms with Crippen molar-refractivity contribution in [2.75, 3.05) is 6.61 Å². The van der Waals surface area contributed by atoms with Gasteiger partial charge in [-0.05, 0) is 54.6 Å². The van der Waals surface area contributed by atoms with Crippen LogP contribution in [0.1, 0.15) is 16.7 Å². The number of ether oxygens (including phenoxy) is 1. The Morgan fingerprint density at radius 1 is 1.15 bits per heavy atom. The molecule has 3 rings (SSSR count). The number of nitrogens with zero attached hydrogens (tertiary/aromatic N) is 1. The maximum Gasteiger partial charge on any atom is 0.277 e. The van der Waals surface area contributed by atoms with Crippen molar-refractivity contribution in [1.29, 1.82) is 0 Å². The summed E-state index contributed by atoms with van der Waals surface area (Å²) in [6.45, 7) is 3.83. The first-order valence-corrected chi connectivity index (χ1v) is 8.17. The number of nitrogens with one attached hydrogen (secondary N) is 2.